The first-order valence-electron chi connectivity index (χ1n) is 5.72. The summed E-state index contributed by atoms with van der Waals surface area (Å²) in [5, 5.41) is 13.6. The van der Waals surface area contributed by atoms with Crippen molar-refractivity contribution in [2.24, 2.45) is 0 Å². The minimum Gasteiger partial charge on any atom is -0.495 e. The molecule has 0 fully saturated rings. The van der Waals surface area contributed by atoms with Crippen LogP contribution >= 0.6 is 0 Å². The van der Waals surface area contributed by atoms with Gasteiger partial charge in [-0.2, -0.15) is 0 Å². The van der Waals surface area contributed by atoms with Crippen LogP contribution in [0.3, 0.4) is 0 Å². The zero-order valence-electron chi connectivity index (χ0n) is 10.7. The highest BCUT2D eigenvalue weighted by Crippen LogP contribution is 2.26. The molecular formula is C13H14N2O4. The van der Waals surface area contributed by atoms with E-state index in [9.17, 15) is 10.1 Å². The maximum Gasteiger partial charge on any atom is 0.433 e. The van der Waals surface area contributed by atoms with Gasteiger partial charge in [-0.1, -0.05) is 6.07 Å². The average Bonchev–Trinajstić information content (AvgIpc) is 2.86. The fourth-order valence-electron chi connectivity index (χ4n) is 1.69. The number of benzene rings is 1. The first-order valence-corrected chi connectivity index (χ1v) is 5.72. The molecule has 1 aromatic carbocycles. The van der Waals surface area contributed by atoms with E-state index in [2.05, 4.69) is 5.32 Å². The number of hydrogen-bond donors (Lipinski definition) is 1. The molecule has 1 aromatic heterocycles. The number of furan rings is 1. The molecule has 2 rings (SSSR count). The molecule has 0 saturated carbocycles. The van der Waals surface area contributed by atoms with Crippen molar-refractivity contribution in [3.8, 4) is 5.75 Å². The molecule has 1 N–H and O–H groups in total. The van der Waals surface area contributed by atoms with Crippen LogP contribution in [0.5, 0.6) is 5.75 Å². The fourth-order valence-corrected chi connectivity index (χ4v) is 1.69. The molecule has 0 unspecified atom stereocenters. The molecule has 0 aliphatic carbocycles. The molecule has 6 heteroatoms. The lowest BCUT2D eigenvalue weighted by atomic mass is 10.2. The van der Waals surface area contributed by atoms with Crippen LogP contribution in [0.1, 0.15) is 11.3 Å². The summed E-state index contributed by atoms with van der Waals surface area (Å²) in [5.74, 6) is 0.961. The second-order valence-electron chi connectivity index (χ2n) is 4.05. The van der Waals surface area contributed by atoms with Gasteiger partial charge in [-0.25, -0.2) is 0 Å². The Hall–Kier alpha value is -2.50. The lowest BCUT2D eigenvalue weighted by Crippen LogP contribution is -2.00. The minimum atomic E-state index is -0.560. The van der Waals surface area contributed by atoms with Crippen LogP contribution in [-0.2, 0) is 6.54 Å². The Labute approximate surface area is 110 Å². The molecule has 0 spiro atoms. The number of anilines is 1. The van der Waals surface area contributed by atoms with Gasteiger partial charge in [-0.15, -0.1) is 0 Å². The lowest BCUT2D eigenvalue weighted by molar-refractivity contribution is -0.402. The average molecular weight is 262 g/mol. The number of ether oxygens (including phenoxy) is 1. The molecule has 0 aliphatic heterocycles. The van der Waals surface area contributed by atoms with Crippen LogP contribution in [0.4, 0.5) is 11.6 Å². The third-order valence-electron chi connectivity index (χ3n) is 2.64. The molecule has 0 saturated heterocycles. The Kier molecular flexibility index (Phi) is 3.70. The molecule has 1 heterocycles. The quantitative estimate of drug-likeness (QED) is 0.661. The van der Waals surface area contributed by atoms with Crippen molar-refractivity contribution in [1.82, 2.24) is 0 Å². The number of rotatable bonds is 5. The Morgan fingerprint density at radius 3 is 2.79 bits per heavy atom. The van der Waals surface area contributed by atoms with Gasteiger partial charge >= 0.3 is 5.88 Å². The third-order valence-corrected chi connectivity index (χ3v) is 2.64. The normalized spacial score (nSPS) is 10.2. The summed E-state index contributed by atoms with van der Waals surface area (Å²) in [6, 6.07) is 8.67. The molecular weight excluding hydrogens is 248 g/mol. The first-order chi connectivity index (χ1) is 9.10. The standard InChI is InChI=1S/C13H14N2O4/c1-9-3-5-11(12(7-9)18-2)14-8-10-4-6-13(19-10)15(16)17/h3-7,14H,8H2,1-2H3. The van der Waals surface area contributed by atoms with Crippen LogP contribution < -0.4 is 10.1 Å². The summed E-state index contributed by atoms with van der Waals surface area (Å²) in [4.78, 5) is 9.94. The second kappa shape index (κ2) is 5.43. The summed E-state index contributed by atoms with van der Waals surface area (Å²) in [7, 11) is 1.59. The highest BCUT2D eigenvalue weighted by molar-refractivity contribution is 5.57. The number of methoxy groups -OCH3 is 1. The van der Waals surface area contributed by atoms with Crippen molar-refractivity contribution in [2.45, 2.75) is 13.5 Å². The molecule has 6 nitrogen and oxygen atoms in total. The van der Waals surface area contributed by atoms with Crippen molar-refractivity contribution in [3.05, 3.63) is 51.8 Å². The highest BCUT2D eigenvalue weighted by Gasteiger charge is 2.12. The predicted molar refractivity (Wildman–Crippen MR) is 70.4 cm³/mol. The third kappa shape index (κ3) is 3.04. The van der Waals surface area contributed by atoms with Crippen molar-refractivity contribution >= 4 is 11.6 Å². The molecule has 0 radical (unpaired) electrons. The van der Waals surface area contributed by atoms with Gasteiger partial charge in [0.1, 0.15) is 16.4 Å². The summed E-state index contributed by atoms with van der Waals surface area (Å²) in [6.07, 6.45) is 0. The second-order valence-corrected chi connectivity index (χ2v) is 4.05. The fraction of sp³-hybridized carbons (Fsp3) is 0.231. The van der Waals surface area contributed by atoms with E-state index in [-0.39, 0.29) is 5.88 Å². The molecule has 19 heavy (non-hydrogen) atoms. The van der Waals surface area contributed by atoms with Gasteiger partial charge in [-0.05, 0) is 30.7 Å². The van der Waals surface area contributed by atoms with E-state index < -0.39 is 4.92 Å². The van der Waals surface area contributed by atoms with Crippen molar-refractivity contribution in [2.75, 3.05) is 12.4 Å². The van der Waals surface area contributed by atoms with Crippen molar-refractivity contribution in [3.63, 3.8) is 0 Å². The molecule has 0 bridgehead atoms. The van der Waals surface area contributed by atoms with Gasteiger partial charge in [0, 0.05) is 0 Å². The Bertz CT molecular complexity index is 592. The zero-order valence-corrected chi connectivity index (χ0v) is 10.7. The van der Waals surface area contributed by atoms with E-state index in [1.807, 2.05) is 25.1 Å². The largest absolute Gasteiger partial charge is 0.495 e. The predicted octanol–water partition coefficient (Wildman–Crippen LogP) is 3.12. The molecule has 0 aliphatic rings. The minimum absolute atomic E-state index is 0.257. The summed E-state index contributed by atoms with van der Waals surface area (Å²) < 4.78 is 10.3. The van der Waals surface area contributed by atoms with Gasteiger partial charge < -0.3 is 14.5 Å². The van der Waals surface area contributed by atoms with Gasteiger partial charge in [0.25, 0.3) is 0 Å². The van der Waals surface area contributed by atoms with Crippen LogP contribution in [0.25, 0.3) is 0 Å². The summed E-state index contributed by atoms with van der Waals surface area (Å²) >= 11 is 0. The number of aryl methyl sites for hydroxylation is 1. The lowest BCUT2D eigenvalue weighted by Gasteiger charge is -2.10. The van der Waals surface area contributed by atoms with Gasteiger partial charge in [0.05, 0.1) is 25.4 Å². The monoisotopic (exact) mass is 262 g/mol. The highest BCUT2D eigenvalue weighted by atomic mass is 16.6. The van der Waals surface area contributed by atoms with E-state index in [1.165, 1.54) is 6.07 Å². The Morgan fingerprint density at radius 1 is 1.37 bits per heavy atom. The topological polar surface area (TPSA) is 77.5 Å². The van der Waals surface area contributed by atoms with E-state index in [0.29, 0.717) is 12.3 Å². The van der Waals surface area contributed by atoms with Crippen LogP contribution in [0.2, 0.25) is 0 Å². The maximum absolute atomic E-state index is 10.5. The van der Waals surface area contributed by atoms with Crippen LogP contribution in [-0.4, -0.2) is 12.0 Å². The van der Waals surface area contributed by atoms with Crippen molar-refractivity contribution < 1.29 is 14.1 Å². The molecule has 2 aromatic rings. The SMILES string of the molecule is COc1cc(C)ccc1NCc1ccc([N+](=O)[O-])o1. The molecule has 100 valence electrons. The summed E-state index contributed by atoms with van der Waals surface area (Å²) in [5.41, 5.74) is 1.91. The van der Waals surface area contributed by atoms with Crippen molar-refractivity contribution in [1.29, 1.82) is 0 Å². The number of nitro groups is 1. The van der Waals surface area contributed by atoms with E-state index in [0.717, 1.165) is 17.0 Å². The number of nitrogens with one attached hydrogen (secondary N) is 1. The maximum atomic E-state index is 10.5. The van der Waals surface area contributed by atoms with Gasteiger partial charge in [0.15, 0.2) is 0 Å². The Balaban J connectivity index is 2.07. The molecule has 0 amide bonds. The van der Waals surface area contributed by atoms with Gasteiger partial charge in [0.2, 0.25) is 0 Å². The Morgan fingerprint density at radius 2 is 2.16 bits per heavy atom. The first kappa shape index (κ1) is 12.9. The van der Waals surface area contributed by atoms with Crippen LogP contribution in [0, 0.1) is 17.0 Å². The van der Waals surface area contributed by atoms with E-state index in [1.54, 1.807) is 13.2 Å². The number of nitrogens with zero attached hydrogens (tertiary/aromatic N) is 1. The number of hydrogen-bond acceptors (Lipinski definition) is 5. The zero-order chi connectivity index (χ0) is 13.8. The van der Waals surface area contributed by atoms with E-state index in [4.69, 9.17) is 9.15 Å². The van der Waals surface area contributed by atoms with E-state index >= 15 is 0 Å². The summed E-state index contributed by atoms with van der Waals surface area (Å²) in [6.45, 7) is 2.33. The van der Waals surface area contributed by atoms with Crippen LogP contribution in [0.15, 0.2) is 34.7 Å². The molecule has 0 atom stereocenters. The smallest absolute Gasteiger partial charge is 0.433 e. The van der Waals surface area contributed by atoms with Gasteiger partial charge in [-0.3, -0.25) is 10.1 Å².